The third-order valence-electron chi connectivity index (χ3n) is 2.90. The molecule has 0 fully saturated rings. The summed E-state index contributed by atoms with van der Waals surface area (Å²) >= 11 is 2.25. The molecule has 0 saturated heterocycles. The highest BCUT2D eigenvalue weighted by molar-refractivity contribution is 14.1. The van der Waals surface area contributed by atoms with Crippen LogP contribution in [0.25, 0.3) is 0 Å². The summed E-state index contributed by atoms with van der Waals surface area (Å²) in [5, 5.41) is 3.31. The summed E-state index contributed by atoms with van der Waals surface area (Å²) in [6.07, 6.45) is 0. The van der Waals surface area contributed by atoms with Crippen molar-refractivity contribution in [1.82, 2.24) is 5.32 Å². The first-order valence-electron chi connectivity index (χ1n) is 6.06. The van der Waals surface area contributed by atoms with Crippen LogP contribution in [0.1, 0.15) is 24.1 Å². The van der Waals surface area contributed by atoms with E-state index in [4.69, 9.17) is 0 Å². The molecule has 2 aromatic rings. The zero-order valence-corrected chi connectivity index (χ0v) is 12.6. The van der Waals surface area contributed by atoms with Crippen molar-refractivity contribution in [3.8, 4) is 0 Å². The van der Waals surface area contributed by atoms with Crippen molar-refractivity contribution in [2.24, 2.45) is 0 Å². The molecule has 0 heterocycles. The van der Waals surface area contributed by atoms with Gasteiger partial charge in [0, 0.05) is 3.57 Å². The molecule has 1 nitrogen and oxygen atoms in total. The molecular formula is C15H14F2IN. The van der Waals surface area contributed by atoms with Gasteiger partial charge in [0.25, 0.3) is 0 Å². The highest BCUT2D eigenvalue weighted by Crippen LogP contribution is 2.27. The van der Waals surface area contributed by atoms with E-state index in [1.807, 2.05) is 31.2 Å². The van der Waals surface area contributed by atoms with E-state index in [1.165, 1.54) is 12.1 Å². The lowest BCUT2D eigenvalue weighted by Crippen LogP contribution is -2.23. The quantitative estimate of drug-likeness (QED) is 0.790. The maximum Gasteiger partial charge on any atom is 0.159 e. The van der Waals surface area contributed by atoms with Gasteiger partial charge in [0.15, 0.2) is 11.6 Å². The van der Waals surface area contributed by atoms with E-state index in [9.17, 15) is 8.78 Å². The van der Waals surface area contributed by atoms with Crippen LogP contribution in [0.3, 0.4) is 0 Å². The average Bonchev–Trinajstić information content (AvgIpc) is 2.40. The number of halogens is 3. The topological polar surface area (TPSA) is 12.0 Å². The molecule has 0 aliphatic carbocycles. The molecule has 2 aromatic carbocycles. The maximum absolute atomic E-state index is 13.4. The fraction of sp³-hybridized carbons (Fsp3) is 0.200. The standard InChI is InChI=1S/C15H14F2IN/c1-2-19-15(11-5-3-4-6-14(11)18)10-7-8-12(16)13(17)9-10/h3-9,15,19H,2H2,1H3. The average molecular weight is 373 g/mol. The summed E-state index contributed by atoms with van der Waals surface area (Å²) < 4.78 is 27.5. The van der Waals surface area contributed by atoms with Gasteiger partial charge < -0.3 is 5.32 Å². The molecule has 0 spiro atoms. The lowest BCUT2D eigenvalue weighted by Gasteiger charge is -2.20. The highest BCUT2D eigenvalue weighted by atomic mass is 127. The van der Waals surface area contributed by atoms with Crippen LogP contribution in [0, 0.1) is 15.2 Å². The number of hydrogen-bond acceptors (Lipinski definition) is 1. The zero-order chi connectivity index (χ0) is 13.8. The van der Waals surface area contributed by atoms with Gasteiger partial charge >= 0.3 is 0 Å². The highest BCUT2D eigenvalue weighted by Gasteiger charge is 2.17. The van der Waals surface area contributed by atoms with E-state index >= 15 is 0 Å². The Bertz CT molecular complexity index is 572. The fourth-order valence-corrected chi connectivity index (χ4v) is 2.71. The molecule has 4 heteroatoms. The molecular weight excluding hydrogens is 359 g/mol. The largest absolute Gasteiger partial charge is 0.306 e. The summed E-state index contributed by atoms with van der Waals surface area (Å²) in [5.41, 5.74) is 1.79. The summed E-state index contributed by atoms with van der Waals surface area (Å²) in [5.74, 6) is -1.63. The van der Waals surface area contributed by atoms with Crippen LogP contribution in [0.5, 0.6) is 0 Å². The minimum atomic E-state index is -0.818. The number of rotatable bonds is 4. The second-order valence-corrected chi connectivity index (χ2v) is 5.35. The molecule has 0 amide bonds. The van der Waals surface area contributed by atoms with Crippen LogP contribution in [0.15, 0.2) is 42.5 Å². The third-order valence-corrected chi connectivity index (χ3v) is 3.88. The Kier molecular flexibility index (Phi) is 4.87. The Morgan fingerprint density at radius 2 is 1.84 bits per heavy atom. The number of benzene rings is 2. The normalized spacial score (nSPS) is 12.4. The fourth-order valence-electron chi connectivity index (χ4n) is 2.01. The van der Waals surface area contributed by atoms with E-state index in [0.29, 0.717) is 0 Å². The molecule has 0 saturated carbocycles. The van der Waals surface area contributed by atoms with Gasteiger partial charge in [-0.2, -0.15) is 0 Å². The van der Waals surface area contributed by atoms with Crippen molar-refractivity contribution in [3.05, 3.63) is 68.8 Å². The first kappa shape index (κ1) is 14.4. The Morgan fingerprint density at radius 1 is 1.11 bits per heavy atom. The van der Waals surface area contributed by atoms with Gasteiger partial charge in [-0.3, -0.25) is 0 Å². The molecule has 0 aliphatic rings. The first-order chi connectivity index (χ1) is 9.13. The van der Waals surface area contributed by atoms with Crippen molar-refractivity contribution in [3.63, 3.8) is 0 Å². The SMILES string of the molecule is CCNC(c1ccc(F)c(F)c1)c1ccccc1I. The van der Waals surface area contributed by atoms with Crippen molar-refractivity contribution in [2.45, 2.75) is 13.0 Å². The molecule has 1 unspecified atom stereocenters. The Balaban J connectivity index is 2.45. The van der Waals surface area contributed by atoms with Gasteiger partial charge in [0.1, 0.15) is 0 Å². The molecule has 0 bridgehead atoms. The lowest BCUT2D eigenvalue weighted by atomic mass is 9.98. The minimum Gasteiger partial charge on any atom is -0.306 e. The van der Waals surface area contributed by atoms with Crippen LogP contribution >= 0.6 is 22.6 Å². The van der Waals surface area contributed by atoms with Gasteiger partial charge in [-0.1, -0.05) is 31.2 Å². The van der Waals surface area contributed by atoms with Gasteiger partial charge in [-0.25, -0.2) is 8.78 Å². The smallest absolute Gasteiger partial charge is 0.159 e. The van der Waals surface area contributed by atoms with Gasteiger partial charge in [0.2, 0.25) is 0 Å². The van der Waals surface area contributed by atoms with E-state index in [0.717, 1.165) is 21.2 Å². The Labute approximate surface area is 125 Å². The number of hydrogen-bond donors (Lipinski definition) is 1. The minimum absolute atomic E-state index is 0.131. The van der Waals surface area contributed by atoms with Crippen LogP contribution in [-0.4, -0.2) is 6.54 Å². The molecule has 19 heavy (non-hydrogen) atoms. The summed E-state index contributed by atoms with van der Waals surface area (Å²) in [6.45, 7) is 2.73. The molecule has 0 aliphatic heterocycles. The van der Waals surface area contributed by atoms with Crippen LogP contribution < -0.4 is 5.32 Å². The van der Waals surface area contributed by atoms with Gasteiger partial charge in [0.05, 0.1) is 6.04 Å². The van der Waals surface area contributed by atoms with E-state index in [-0.39, 0.29) is 6.04 Å². The van der Waals surface area contributed by atoms with Crippen molar-refractivity contribution < 1.29 is 8.78 Å². The number of nitrogens with one attached hydrogen (secondary N) is 1. The van der Waals surface area contributed by atoms with Crippen molar-refractivity contribution in [2.75, 3.05) is 6.54 Å². The monoisotopic (exact) mass is 373 g/mol. The lowest BCUT2D eigenvalue weighted by molar-refractivity contribution is 0.504. The summed E-state index contributed by atoms with van der Waals surface area (Å²) in [6, 6.07) is 11.8. The molecule has 100 valence electrons. The van der Waals surface area contributed by atoms with Gasteiger partial charge in [-0.05, 0) is 58.5 Å². The van der Waals surface area contributed by atoms with E-state index in [2.05, 4.69) is 27.9 Å². The molecule has 2 rings (SSSR count). The molecule has 1 N–H and O–H groups in total. The zero-order valence-electron chi connectivity index (χ0n) is 10.5. The Morgan fingerprint density at radius 3 is 2.47 bits per heavy atom. The predicted molar refractivity (Wildman–Crippen MR) is 81.0 cm³/mol. The summed E-state index contributed by atoms with van der Waals surface area (Å²) in [7, 11) is 0. The van der Waals surface area contributed by atoms with Gasteiger partial charge in [-0.15, -0.1) is 0 Å². The predicted octanol–water partition coefficient (Wildman–Crippen LogP) is 4.27. The molecule has 1 atom stereocenters. The van der Waals surface area contributed by atoms with E-state index in [1.54, 1.807) is 6.07 Å². The van der Waals surface area contributed by atoms with Crippen molar-refractivity contribution >= 4 is 22.6 Å². The second-order valence-electron chi connectivity index (χ2n) is 4.19. The first-order valence-corrected chi connectivity index (χ1v) is 7.14. The molecule has 0 radical (unpaired) electrons. The van der Waals surface area contributed by atoms with Crippen molar-refractivity contribution in [1.29, 1.82) is 0 Å². The maximum atomic E-state index is 13.4. The van der Waals surface area contributed by atoms with Crippen LogP contribution in [0.4, 0.5) is 8.78 Å². The summed E-state index contributed by atoms with van der Waals surface area (Å²) in [4.78, 5) is 0. The van der Waals surface area contributed by atoms with Crippen LogP contribution in [0.2, 0.25) is 0 Å². The van der Waals surface area contributed by atoms with Crippen LogP contribution in [-0.2, 0) is 0 Å². The second kappa shape index (κ2) is 6.43. The molecule has 0 aromatic heterocycles. The Hall–Kier alpha value is -1.01. The van der Waals surface area contributed by atoms with E-state index < -0.39 is 11.6 Å². The third kappa shape index (κ3) is 3.30.